The van der Waals surface area contributed by atoms with E-state index in [4.69, 9.17) is 10.5 Å². The molecule has 50 heavy (non-hydrogen) atoms. The maximum atomic E-state index is 14.2. The fourth-order valence-corrected chi connectivity index (χ4v) is 6.62. The smallest absolute Gasteiger partial charge is 0.321 e. The number of carbonyl (C=O) groups excluding carboxylic acids is 2. The fraction of sp³-hybridized carbons (Fsp3) is 0.400. The van der Waals surface area contributed by atoms with E-state index in [9.17, 15) is 14.7 Å². The summed E-state index contributed by atoms with van der Waals surface area (Å²) in [7, 11) is 1.59. The van der Waals surface area contributed by atoms with Gasteiger partial charge in [-0.1, -0.05) is 87.5 Å². The number of urea groups is 1. The summed E-state index contributed by atoms with van der Waals surface area (Å²) in [6, 6.07) is 27.4. The number of carbonyl (C=O) groups is 2. The van der Waals surface area contributed by atoms with Crippen LogP contribution in [0.1, 0.15) is 49.7 Å². The number of hydrogen-bond donors (Lipinski definition) is 3. The molecular weight excluding hydrogens is 628 g/mol. The van der Waals surface area contributed by atoms with Gasteiger partial charge in [-0.15, -0.1) is 0 Å². The highest BCUT2D eigenvalue weighted by atomic mass is 16.5. The lowest BCUT2D eigenvalue weighted by atomic mass is 9.84. The molecule has 0 radical (unpaired) electrons. The van der Waals surface area contributed by atoms with Crippen molar-refractivity contribution in [3.05, 3.63) is 114 Å². The molecule has 1 aliphatic rings. The molecule has 4 aromatic rings. The van der Waals surface area contributed by atoms with Crippen LogP contribution in [0.2, 0.25) is 0 Å². The number of nitrogens with one attached hydrogen (secondary N) is 1. The van der Waals surface area contributed by atoms with Gasteiger partial charge in [-0.3, -0.25) is 9.78 Å². The average Bonchev–Trinajstić information content (AvgIpc) is 3.43. The molecule has 0 spiro atoms. The minimum atomic E-state index is -0.887. The summed E-state index contributed by atoms with van der Waals surface area (Å²) in [4.78, 5) is 40.4. The van der Waals surface area contributed by atoms with E-state index < -0.39 is 29.6 Å². The quantitative estimate of drug-likeness (QED) is 0.168. The summed E-state index contributed by atoms with van der Waals surface area (Å²) >= 11 is 0. The normalized spacial score (nSPS) is 15.8. The Hall–Kier alpha value is -4.80. The summed E-state index contributed by atoms with van der Waals surface area (Å²) in [5.41, 5.74) is 11.5. The van der Waals surface area contributed by atoms with Crippen molar-refractivity contribution in [1.82, 2.24) is 25.1 Å². The van der Waals surface area contributed by atoms with Gasteiger partial charge < -0.3 is 30.7 Å². The second-order valence-electron chi connectivity index (χ2n) is 14.3. The number of methoxy groups -OCH3 is 1. The summed E-state index contributed by atoms with van der Waals surface area (Å²) in [5, 5.41) is 14.6. The Morgan fingerprint density at radius 2 is 1.62 bits per heavy atom. The van der Waals surface area contributed by atoms with Crippen LogP contribution >= 0.6 is 0 Å². The average molecular weight is 679 g/mol. The highest BCUT2D eigenvalue weighted by Gasteiger charge is 2.44. The molecular formula is C40H50N6O4. The van der Waals surface area contributed by atoms with Crippen molar-refractivity contribution in [2.75, 3.05) is 20.2 Å². The van der Waals surface area contributed by atoms with Crippen molar-refractivity contribution < 1.29 is 19.4 Å². The second-order valence-corrected chi connectivity index (χ2v) is 14.3. The Balaban J connectivity index is 1.27. The predicted molar refractivity (Wildman–Crippen MR) is 195 cm³/mol. The minimum Gasteiger partial charge on any atom is -0.481 e. The largest absolute Gasteiger partial charge is 0.481 e. The van der Waals surface area contributed by atoms with Gasteiger partial charge in [0.15, 0.2) is 0 Å². The fourth-order valence-electron chi connectivity index (χ4n) is 6.62. The minimum absolute atomic E-state index is 0.182. The van der Waals surface area contributed by atoms with Gasteiger partial charge in [0.25, 0.3) is 0 Å². The number of nitrogens with zero attached hydrogens (tertiary/aromatic N) is 4. The Bertz CT molecular complexity index is 1730. The van der Waals surface area contributed by atoms with Crippen LogP contribution < -0.4 is 15.8 Å². The first-order valence-corrected chi connectivity index (χ1v) is 17.3. The number of aliphatic hydroxyl groups excluding tert-OH is 1. The molecule has 0 bridgehead atoms. The number of aromatic nitrogens is 2. The molecule has 5 rings (SSSR count). The third-order valence-corrected chi connectivity index (χ3v) is 9.15. The van der Waals surface area contributed by atoms with Gasteiger partial charge in [0.1, 0.15) is 6.04 Å². The van der Waals surface area contributed by atoms with Crippen LogP contribution in [0.25, 0.3) is 11.3 Å². The molecule has 0 unspecified atom stereocenters. The molecule has 4 N–H and O–H groups in total. The van der Waals surface area contributed by atoms with Gasteiger partial charge >= 0.3 is 6.03 Å². The van der Waals surface area contributed by atoms with E-state index in [1.54, 1.807) is 23.0 Å². The first-order chi connectivity index (χ1) is 23.9. The molecule has 1 saturated heterocycles. The SMILES string of the molecule is COc1cccc(-c2ccc(C[C@H](N)[C@@H](O)C[C@H](Cc3ccccc3)NC(=O)[C@@H](N3CCN(Cc4cccc(C)n4)C3=O)C(C)(C)C)cc2)n1. The Morgan fingerprint density at radius 1 is 0.920 bits per heavy atom. The molecule has 3 heterocycles. The van der Waals surface area contributed by atoms with Crippen LogP contribution in [0.15, 0.2) is 91.0 Å². The topological polar surface area (TPSA) is 134 Å². The van der Waals surface area contributed by atoms with Crippen molar-refractivity contribution in [2.45, 2.75) is 77.7 Å². The maximum Gasteiger partial charge on any atom is 0.321 e. The standard InChI is InChI=1S/C40H50N6O4/c1-27-11-9-14-31(42-27)26-45-21-22-46(39(45)49)37(40(2,3)4)38(48)43-32(23-28-12-7-6-8-13-28)25-35(47)33(41)24-29-17-19-30(20-18-29)34-15-10-16-36(44-34)50-5/h6-20,32-33,35,37,47H,21-26,41H2,1-5H3,(H,43,48)/t32-,33-,35-,37+/m0/s1. The van der Waals surface area contributed by atoms with E-state index in [-0.39, 0.29) is 18.4 Å². The van der Waals surface area contributed by atoms with Gasteiger partial charge in [0.05, 0.1) is 31.1 Å². The van der Waals surface area contributed by atoms with Crippen LogP contribution in [-0.2, 0) is 24.2 Å². The number of nitrogens with two attached hydrogens (primary N) is 1. The molecule has 2 aromatic heterocycles. The molecule has 2 aromatic carbocycles. The van der Waals surface area contributed by atoms with E-state index in [0.29, 0.717) is 38.4 Å². The highest BCUT2D eigenvalue weighted by Crippen LogP contribution is 2.29. The molecule has 0 aliphatic carbocycles. The monoisotopic (exact) mass is 678 g/mol. The Morgan fingerprint density at radius 3 is 2.30 bits per heavy atom. The van der Waals surface area contributed by atoms with Crippen molar-refractivity contribution in [1.29, 1.82) is 0 Å². The van der Waals surface area contributed by atoms with Crippen molar-refractivity contribution >= 4 is 11.9 Å². The lowest BCUT2D eigenvalue weighted by Gasteiger charge is -2.37. The third-order valence-electron chi connectivity index (χ3n) is 9.15. The van der Waals surface area contributed by atoms with E-state index in [0.717, 1.165) is 33.8 Å². The van der Waals surface area contributed by atoms with E-state index >= 15 is 0 Å². The van der Waals surface area contributed by atoms with Gasteiger partial charge in [-0.2, -0.15) is 0 Å². The van der Waals surface area contributed by atoms with Crippen LogP contribution in [0.4, 0.5) is 4.79 Å². The first kappa shape index (κ1) is 36.5. The van der Waals surface area contributed by atoms with Crippen LogP contribution in [-0.4, -0.2) is 81.2 Å². The zero-order chi connectivity index (χ0) is 35.8. The molecule has 3 amide bonds. The number of aliphatic hydroxyl groups is 1. The van der Waals surface area contributed by atoms with Gasteiger partial charge in [0, 0.05) is 42.5 Å². The highest BCUT2D eigenvalue weighted by molar-refractivity contribution is 5.89. The van der Waals surface area contributed by atoms with E-state index in [2.05, 4.69) is 15.3 Å². The molecule has 1 aliphatic heterocycles. The van der Waals surface area contributed by atoms with Crippen molar-refractivity contribution in [3.63, 3.8) is 0 Å². The Labute approximate surface area is 295 Å². The van der Waals surface area contributed by atoms with Crippen molar-refractivity contribution in [3.8, 4) is 17.1 Å². The summed E-state index contributed by atoms with van der Waals surface area (Å²) in [6.45, 7) is 9.18. The molecule has 10 nitrogen and oxygen atoms in total. The number of aryl methyl sites for hydroxylation is 1. The maximum absolute atomic E-state index is 14.2. The molecule has 1 fully saturated rings. The van der Waals surface area contributed by atoms with Crippen LogP contribution in [0, 0.1) is 12.3 Å². The first-order valence-electron chi connectivity index (χ1n) is 17.3. The second kappa shape index (κ2) is 16.3. The van der Waals surface area contributed by atoms with Gasteiger partial charge in [-0.05, 0) is 60.9 Å². The molecule has 4 atom stereocenters. The van der Waals surface area contributed by atoms with Crippen LogP contribution in [0.3, 0.4) is 0 Å². The van der Waals surface area contributed by atoms with Crippen molar-refractivity contribution in [2.24, 2.45) is 11.1 Å². The number of pyridine rings is 2. The molecule has 0 saturated carbocycles. The van der Waals surface area contributed by atoms with E-state index in [1.807, 2.05) is 113 Å². The number of benzene rings is 2. The number of hydrogen-bond acceptors (Lipinski definition) is 7. The lowest BCUT2D eigenvalue weighted by molar-refractivity contribution is -0.129. The summed E-state index contributed by atoms with van der Waals surface area (Å²) in [5.74, 6) is 0.303. The van der Waals surface area contributed by atoms with Crippen LogP contribution in [0.5, 0.6) is 5.88 Å². The lowest BCUT2D eigenvalue weighted by Crippen LogP contribution is -2.57. The molecule has 264 valence electrons. The Kier molecular flexibility index (Phi) is 11.9. The summed E-state index contributed by atoms with van der Waals surface area (Å²) in [6.07, 6.45) is 0.331. The predicted octanol–water partition coefficient (Wildman–Crippen LogP) is 5.16. The number of ether oxygens (including phenoxy) is 1. The zero-order valence-electron chi connectivity index (χ0n) is 29.8. The van der Waals surface area contributed by atoms with Gasteiger partial charge in [-0.25, -0.2) is 9.78 Å². The third kappa shape index (κ3) is 9.46. The number of amides is 3. The summed E-state index contributed by atoms with van der Waals surface area (Å²) < 4.78 is 5.26. The van der Waals surface area contributed by atoms with E-state index in [1.165, 1.54) is 0 Å². The number of rotatable bonds is 14. The molecule has 10 heteroatoms. The van der Waals surface area contributed by atoms with Gasteiger partial charge in [0.2, 0.25) is 11.8 Å². The zero-order valence-corrected chi connectivity index (χ0v) is 29.8.